The summed E-state index contributed by atoms with van der Waals surface area (Å²) in [5, 5.41) is 7.73. The van der Waals surface area contributed by atoms with Crippen LogP contribution in [0.15, 0.2) is 9.22 Å². The summed E-state index contributed by atoms with van der Waals surface area (Å²) in [4.78, 5) is 0.498. The number of hydrogen-bond donors (Lipinski definition) is 0. The van der Waals surface area contributed by atoms with Crippen LogP contribution < -0.4 is 0 Å². The Morgan fingerprint density at radius 2 is 2.00 bits per heavy atom. The van der Waals surface area contributed by atoms with Gasteiger partial charge in [-0.25, -0.2) is 0 Å². The van der Waals surface area contributed by atoms with Gasteiger partial charge in [-0.1, -0.05) is 19.3 Å². The molecule has 0 radical (unpaired) electrons. The monoisotopic (exact) mass is 244 g/mol. The van der Waals surface area contributed by atoms with Gasteiger partial charge in [-0.3, -0.25) is 0 Å². The second-order valence-corrected chi connectivity index (χ2v) is 4.34. The molecule has 0 aromatic carbocycles. The first kappa shape index (κ1) is 9.19. The third kappa shape index (κ3) is 2.53. The van der Waals surface area contributed by atoms with E-state index >= 15 is 0 Å². The van der Waals surface area contributed by atoms with Crippen LogP contribution >= 0.6 is 15.9 Å². The zero-order valence-corrected chi connectivity index (χ0v) is 9.09. The smallest absolute Gasteiger partial charge is 0.284 e. The first-order chi connectivity index (χ1) is 6.34. The Hall–Kier alpha value is -0.380. The molecule has 72 valence electrons. The van der Waals surface area contributed by atoms with E-state index < -0.39 is 0 Å². The molecule has 3 nitrogen and oxygen atoms in total. The molecule has 1 aromatic rings. The molecular formula is C9H13BrN2O. The first-order valence-corrected chi connectivity index (χ1v) is 5.62. The van der Waals surface area contributed by atoms with Gasteiger partial charge < -0.3 is 4.42 Å². The quantitative estimate of drug-likeness (QED) is 0.804. The van der Waals surface area contributed by atoms with Crippen LogP contribution in [0.4, 0.5) is 0 Å². The maximum atomic E-state index is 5.28. The molecule has 1 heterocycles. The van der Waals surface area contributed by atoms with Gasteiger partial charge in [-0.15, -0.1) is 10.2 Å². The highest BCUT2D eigenvalue weighted by Gasteiger charge is 2.16. The van der Waals surface area contributed by atoms with Crippen LogP contribution in [-0.4, -0.2) is 10.2 Å². The zero-order valence-electron chi connectivity index (χ0n) is 7.50. The van der Waals surface area contributed by atoms with Gasteiger partial charge in [0.25, 0.3) is 4.80 Å². The molecule has 0 unspecified atom stereocenters. The predicted octanol–water partition coefficient (Wildman–Crippen LogP) is 2.95. The van der Waals surface area contributed by atoms with Gasteiger partial charge in [0.15, 0.2) is 0 Å². The van der Waals surface area contributed by atoms with Crippen LogP contribution in [0.2, 0.25) is 0 Å². The molecule has 4 heteroatoms. The van der Waals surface area contributed by atoms with Crippen LogP contribution in [0.1, 0.15) is 38.0 Å². The summed E-state index contributed by atoms with van der Waals surface area (Å²) >= 11 is 3.16. The van der Waals surface area contributed by atoms with Crippen molar-refractivity contribution in [2.75, 3.05) is 0 Å². The zero-order chi connectivity index (χ0) is 9.10. The van der Waals surface area contributed by atoms with Gasteiger partial charge in [-0.2, -0.15) is 0 Å². The van der Waals surface area contributed by atoms with Crippen molar-refractivity contribution in [1.82, 2.24) is 10.2 Å². The molecule has 0 spiro atoms. The maximum Gasteiger partial charge on any atom is 0.284 e. The number of hydrogen-bond acceptors (Lipinski definition) is 3. The molecule has 1 fully saturated rings. The fourth-order valence-corrected chi connectivity index (χ4v) is 2.22. The average Bonchev–Trinajstić information content (AvgIpc) is 2.53. The fraction of sp³-hybridized carbons (Fsp3) is 0.778. The lowest BCUT2D eigenvalue weighted by Gasteiger charge is -2.19. The highest BCUT2D eigenvalue weighted by molar-refractivity contribution is 9.10. The molecule has 0 bridgehead atoms. The Labute approximate surface area is 86.0 Å². The Morgan fingerprint density at radius 3 is 2.62 bits per heavy atom. The van der Waals surface area contributed by atoms with E-state index in [1.165, 1.54) is 32.1 Å². The Balaban J connectivity index is 1.89. The van der Waals surface area contributed by atoms with Crippen molar-refractivity contribution in [1.29, 1.82) is 0 Å². The van der Waals surface area contributed by atoms with E-state index in [9.17, 15) is 0 Å². The molecule has 0 aliphatic heterocycles. The van der Waals surface area contributed by atoms with E-state index in [2.05, 4.69) is 26.1 Å². The topological polar surface area (TPSA) is 38.9 Å². The SMILES string of the molecule is Brc1nnc(CC2CCCCC2)o1. The largest absolute Gasteiger partial charge is 0.416 e. The van der Waals surface area contributed by atoms with Gasteiger partial charge in [-0.05, 0) is 18.8 Å². The molecule has 1 saturated carbocycles. The summed E-state index contributed by atoms with van der Waals surface area (Å²) in [6.07, 6.45) is 7.71. The van der Waals surface area contributed by atoms with Crippen LogP contribution in [0, 0.1) is 5.92 Å². The minimum absolute atomic E-state index is 0.498. The van der Waals surface area contributed by atoms with E-state index in [1.54, 1.807) is 0 Å². The fourth-order valence-electron chi connectivity index (χ4n) is 1.95. The second-order valence-electron chi connectivity index (χ2n) is 3.66. The van der Waals surface area contributed by atoms with Crippen molar-refractivity contribution in [3.8, 4) is 0 Å². The van der Waals surface area contributed by atoms with E-state index in [1.807, 2.05) is 0 Å². The van der Waals surface area contributed by atoms with Crippen LogP contribution in [-0.2, 0) is 6.42 Å². The third-order valence-electron chi connectivity index (χ3n) is 2.63. The molecule has 13 heavy (non-hydrogen) atoms. The van der Waals surface area contributed by atoms with E-state index in [0.717, 1.165) is 18.2 Å². The van der Waals surface area contributed by atoms with Crippen molar-refractivity contribution in [2.45, 2.75) is 38.5 Å². The molecule has 0 N–H and O–H groups in total. The third-order valence-corrected chi connectivity index (χ3v) is 2.95. The molecule has 0 amide bonds. The summed E-state index contributed by atoms with van der Waals surface area (Å²) < 4.78 is 5.28. The summed E-state index contributed by atoms with van der Waals surface area (Å²) in [5.74, 6) is 1.54. The van der Waals surface area contributed by atoms with Crippen molar-refractivity contribution >= 4 is 15.9 Å². The molecule has 1 aliphatic rings. The Kier molecular flexibility index (Phi) is 2.98. The van der Waals surface area contributed by atoms with Crippen molar-refractivity contribution in [2.24, 2.45) is 5.92 Å². The number of aromatic nitrogens is 2. The maximum absolute atomic E-state index is 5.28. The average molecular weight is 245 g/mol. The molecule has 0 saturated heterocycles. The normalized spacial score (nSPS) is 19.2. The molecule has 1 aromatic heterocycles. The number of rotatable bonds is 2. The second kappa shape index (κ2) is 4.22. The number of nitrogens with zero attached hydrogens (tertiary/aromatic N) is 2. The van der Waals surface area contributed by atoms with Crippen LogP contribution in [0.5, 0.6) is 0 Å². The summed E-state index contributed by atoms with van der Waals surface area (Å²) in [6.45, 7) is 0. The highest BCUT2D eigenvalue weighted by atomic mass is 79.9. The minimum atomic E-state index is 0.498. The Bertz CT molecular complexity index is 268. The minimum Gasteiger partial charge on any atom is -0.416 e. The standard InChI is InChI=1S/C9H13BrN2O/c10-9-12-11-8(13-9)6-7-4-2-1-3-5-7/h7H,1-6H2. The Morgan fingerprint density at radius 1 is 1.23 bits per heavy atom. The lowest BCUT2D eigenvalue weighted by Crippen LogP contribution is -2.09. The van der Waals surface area contributed by atoms with E-state index in [-0.39, 0.29) is 0 Å². The van der Waals surface area contributed by atoms with Gasteiger partial charge >= 0.3 is 0 Å². The lowest BCUT2D eigenvalue weighted by atomic mass is 9.87. The van der Waals surface area contributed by atoms with Crippen molar-refractivity contribution in [3.05, 3.63) is 10.7 Å². The first-order valence-electron chi connectivity index (χ1n) is 4.82. The summed E-state index contributed by atoms with van der Waals surface area (Å²) in [6, 6.07) is 0. The summed E-state index contributed by atoms with van der Waals surface area (Å²) in [7, 11) is 0. The van der Waals surface area contributed by atoms with Crippen molar-refractivity contribution in [3.63, 3.8) is 0 Å². The molecule has 2 rings (SSSR count). The van der Waals surface area contributed by atoms with Gasteiger partial charge in [0.2, 0.25) is 5.89 Å². The highest BCUT2D eigenvalue weighted by Crippen LogP contribution is 2.26. The van der Waals surface area contributed by atoms with Crippen LogP contribution in [0.3, 0.4) is 0 Å². The van der Waals surface area contributed by atoms with E-state index in [4.69, 9.17) is 4.42 Å². The van der Waals surface area contributed by atoms with Gasteiger partial charge in [0, 0.05) is 22.4 Å². The summed E-state index contributed by atoms with van der Waals surface area (Å²) in [5.41, 5.74) is 0. The van der Waals surface area contributed by atoms with Crippen LogP contribution in [0.25, 0.3) is 0 Å². The van der Waals surface area contributed by atoms with Gasteiger partial charge in [0.05, 0.1) is 0 Å². The number of halogens is 1. The van der Waals surface area contributed by atoms with E-state index in [0.29, 0.717) is 4.80 Å². The predicted molar refractivity (Wildman–Crippen MR) is 52.3 cm³/mol. The van der Waals surface area contributed by atoms with Gasteiger partial charge in [0.1, 0.15) is 0 Å². The molecule has 1 aliphatic carbocycles. The molecular weight excluding hydrogens is 232 g/mol. The van der Waals surface area contributed by atoms with Crippen molar-refractivity contribution < 1.29 is 4.42 Å². The lowest BCUT2D eigenvalue weighted by molar-refractivity contribution is 0.326. The molecule has 0 atom stereocenters.